The van der Waals surface area contributed by atoms with Gasteiger partial charge in [-0.3, -0.25) is 0 Å². The second-order valence-corrected chi connectivity index (χ2v) is 8.74. The molecule has 0 atom stereocenters. The number of nitrogens with zero attached hydrogens (tertiary/aromatic N) is 1. The Morgan fingerprint density at radius 2 is 2.10 bits per heavy atom. The average molecular weight is 332 g/mol. The van der Waals surface area contributed by atoms with Crippen molar-refractivity contribution in [3.05, 3.63) is 17.0 Å². The summed E-state index contributed by atoms with van der Waals surface area (Å²) in [4.78, 5) is 2.10. The largest absolute Gasteiger partial charge is 0.310 e. The topological polar surface area (TPSA) is 61.4 Å². The van der Waals surface area contributed by atoms with Crippen molar-refractivity contribution in [3.63, 3.8) is 0 Å². The zero-order valence-electron chi connectivity index (χ0n) is 12.8. The number of thiophene rings is 1. The first-order chi connectivity index (χ1) is 9.97. The van der Waals surface area contributed by atoms with Gasteiger partial charge in [-0.1, -0.05) is 0 Å². The highest BCUT2D eigenvalue weighted by molar-refractivity contribution is 7.91. The zero-order valence-corrected chi connectivity index (χ0v) is 14.4. The number of hydrogen-bond acceptors (Lipinski definition) is 5. The molecule has 1 aromatic rings. The number of sulfonamides is 1. The minimum absolute atomic E-state index is 0.419. The Morgan fingerprint density at radius 1 is 1.33 bits per heavy atom. The van der Waals surface area contributed by atoms with Crippen molar-refractivity contribution in [1.29, 1.82) is 0 Å². The van der Waals surface area contributed by atoms with E-state index in [-0.39, 0.29) is 0 Å². The van der Waals surface area contributed by atoms with Crippen LogP contribution in [0.1, 0.15) is 31.2 Å². The van der Waals surface area contributed by atoms with Crippen LogP contribution in [0.5, 0.6) is 0 Å². The van der Waals surface area contributed by atoms with E-state index < -0.39 is 10.0 Å². The SMILES string of the molecule is CN(C)CCCCNS(=O)(=O)c1cc(CNC2CC2)cs1. The van der Waals surface area contributed by atoms with Gasteiger partial charge in [0.2, 0.25) is 10.0 Å². The van der Waals surface area contributed by atoms with Gasteiger partial charge in [-0.2, -0.15) is 0 Å². The molecule has 1 aliphatic rings. The van der Waals surface area contributed by atoms with Gasteiger partial charge in [0.25, 0.3) is 0 Å². The van der Waals surface area contributed by atoms with Crippen molar-refractivity contribution < 1.29 is 8.42 Å². The number of rotatable bonds is 10. The molecule has 0 aromatic carbocycles. The maximum absolute atomic E-state index is 12.2. The second-order valence-electron chi connectivity index (χ2n) is 5.84. The Hall–Kier alpha value is -0.470. The van der Waals surface area contributed by atoms with E-state index in [0.717, 1.165) is 31.5 Å². The van der Waals surface area contributed by atoms with Gasteiger partial charge in [0.15, 0.2) is 0 Å². The first-order valence-electron chi connectivity index (χ1n) is 7.42. The van der Waals surface area contributed by atoms with Crippen LogP contribution in [-0.4, -0.2) is 46.5 Å². The van der Waals surface area contributed by atoms with Crippen molar-refractivity contribution in [2.75, 3.05) is 27.2 Å². The maximum Gasteiger partial charge on any atom is 0.250 e. The van der Waals surface area contributed by atoms with Crippen LogP contribution in [0.4, 0.5) is 0 Å². The van der Waals surface area contributed by atoms with E-state index in [4.69, 9.17) is 0 Å². The van der Waals surface area contributed by atoms with Crippen molar-refractivity contribution in [2.24, 2.45) is 0 Å². The molecule has 0 saturated heterocycles. The van der Waals surface area contributed by atoms with E-state index >= 15 is 0 Å². The van der Waals surface area contributed by atoms with Crippen LogP contribution in [0.25, 0.3) is 0 Å². The third-order valence-electron chi connectivity index (χ3n) is 3.39. The molecule has 1 saturated carbocycles. The lowest BCUT2D eigenvalue weighted by Crippen LogP contribution is -2.25. The second kappa shape index (κ2) is 7.69. The normalized spacial score (nSPS) is 15.8. The van der Waals surface area contributed by atoms with Gasteiger partial charge < -0.3 is 10.2 Å². The molecule has 0 aliphatic heterocycles. The molecule has 2 rings (SSSR count). The molecule has 2 N–H and O–H groups in total. The van der Waals surface area contributed by atoms with E-state index in [1.54, 1.807) is 6.07 Å². The zero-order chi connectivity index (χ0) is 15.3. The monoisotopic (exact) mass is 331 g/mol. The number of hydrogen-bond donors (Lipinski definition) is 2. The minimum Gasteiger partial charge on any atom is -0.310 e. The minimum atomic E-state index is -3.34. The van der Waals surface area contributed by atoms with Crippen LogP contribution in [0, 0.1) is 0 Å². The Bertz CT molecular complexity index is 536. The molecule has 0 amide bonds. The number of nitrogens with one attached hydrogen (secondary N) is 2. The fourth-order valence-electron chi connectivity index (χ4n) is 1.97. The van der Waals surface area contributed by atoms with Crippen LogP contribution in [0.3, 0.4) is 0 Å². The first-order valence-corrected chi connectivity index (χ1v) is 9.79. The fraction of sp³-hybridized carbons (Fsp3) is 0.714. The maximum atomic E-state index is 12.2. The molecule has 0 unspecified atom stereocenters. The van der Waals surface area contributed by atoms with Gasteiger partial charge in [0, 0.05) is 19.1 Å². The molecule has 5 nitrogen and oxygen atoms in total. The van der Waals surface area contributed by atoms with Crippen molar-refractivity contribution >= 4 is 21.4 Å². The van der Waals surface area contributed by atoms with Crippen molar-refractivity contribution in [1.82, 2.24) is 14.9 Å². The van der Waals surface area contributed by atoms with E-state index in [0.29, 0.717) is 16.8 Å². The summed E-state index contributed by atoms with van der Waals surface area (Å²) in [6.07, 6.45) is 4.34. The van der Waals surface area contributed by atoms with E-state index in [2.05, 4.69) is 14.9 Å². The summed E-state index contributed by atoms with van der Waals surface area (Å²) >= 11 is 1.30. The van der Waals surface area contributed by atoms with Gasteiger partial charge in [-0.25, -0.2) is 13.1 Å². The highest BCUT2D eigenvalue weighted by Gasteiger charge is 2.21. The molecule has 1 heterocycles. The van der Waals surface area contributed by atoms with Crippen LogP contribution in [0.15, 0.2) is 15.7 Å². The van der Waals surface area contributed by atoms with Crippen molar-refractivity contribution in [2.45, 2.75) is 42.5 Å². The Labute approximate surface area is 131 Å². The molecule has 1 fully saturated rings. The Kier molecular flexibility index (Phi) is 6.19. The summed E-state index contributed by atoms with van der Waals surface area (Å²) in [5.74, 6) is 0. The highest BCUT2D eigenvalue weighted by Crippen LogP contribution is 2.23. The molecule has 0 radical (unpaired) electrons. The quantitative estimate of drug-likeness (QED) is 0.640. The molecule has 0 bridgehead atoms. The summed E-state index contributed by atoms with van der Waals surface area (Å²) in [6, 6.07) is 2.42. The first kappa shape index (κ1) is 16.9. The van der Waals surface area contributed by atoms with Crippen LogP contribution in [-0.2, 0) is 16.6 Å². The smallest absolute Gasteiger partial charge is 0.250 e. The van der Waals surface area contributed by atoms with Crippen LogP contribution < -0.4 is 10.0 Å². The Morgan fingerprint density at radius 3 is 2.76 bits per heavy atom. The fourth-order valence-corrected chi connectivity index (χ4v) is 4.30. The summed E-state index contributed by atoms with van der Waals surface area (Å²) in [5.41, 5.74) is 1.06. The molecular weight excluding hydrogens is 306 g/mol. The summed E-state index contributed by atoms with van der Waals surface area (Å²) in [6.45, 7) is 2.25. The van der Waals surface area contributed by atoms with Gasteiger partial charge in [0.05, 0.1) is 0 Å². The van der Waals surface area contributed by atoms with Gasteiger partial charge in [-0.15, -0.1) is 11.3 Å². The highest BCUT2D eigenvalue weighted by atomic mass is 32.2. The van der Waals surface area contributed by atoms with E-state index in [1.807, 2.05) is 19.5 Å². The van der Waals surface area contributed by atoms with E-state index in [1.165, 1.54) is 24.2 Å². The van der Waals surface area contributed by atoms with Crippen LogP contribution in [0.2, 0.25) is 0 Å². The van der Waals surface area contributed by atoms with Crippen molar-refractivity contribution in [3.8, 4) is 0 Å². The van der Waals surface area contributed by atoms with Gasteiger partial charge in [0.1, 0.15) is 4.21 Å². The molecule has 1 aromatic heterocycles. The predicted molar refractivity (Wildman–Crippen MR) is 87.2 cm³/mol. The summed E-state index contributed by atoms with van der Waals surface area (Å²) < 4.78 is 27.4. The lowest BCUT2D eigenvalue weighted by molar-refractivity contribution is 0.394. The number of unbranched alkanes of at least 4 members (excludes halogenated alkanes) is 1. The lowest BCUT2D eigenvalue weighted by Gasteiger charge is -2.09. The summed E-state index contributed by atoms with van der Waals surface area (Å²) in [5, 5.41) is 5.32. The molecular formula is C14H25N3O2S2. The summed E-state index contributed by atoms with van der Waals surface area (Å²) in [7, 11) is 0.706. The average Bonchev–Trinajstić information content (AvgIpc) is 3.11. The van der Waals surface area contributed by atoms with E-state index in [9.17, 15) is 8.42 Å². The van der Waals surface area contributed by atoms with Crippen LogP contribution >= 0.6 is 11.3 Å². The molecule has 7 heteroatoms. The molecule has 21 heavy (non-hydrogen) atoms. The van der Waals surface area contributed by atoms with Gasteiger partial charge in [-0.05, 0) is 63.3 Å². The molecule has 120 valence electrons. The van der Waals surface area contributed by atoms with Gasteiger partial charge >= 0.3 is 0 Å². The lowest BCUT2D eigenvalue weighted by atomic mass is 10.3. The predicted octanol–water partition coefficient (Wildman–Crippen LogP) is 1.62. The molecule has 1 aliphatic carbocycles. The standard InChI is InChI=1S/C14H25N3O2S2/c1-17(2)8-4-3-7-16-21(18,19)14-9-12(11-20-14)10-15-13-5-6-13/h9,11,13,15-16H,3-8,10H2,1-2H3. The third-order valence-corrected chi connectivity index (χ3v) is 6.34. The third kappa shape index (κ3) is 6.04. The Balaban J connectivity index is 1.75. The molecule has 0 spiro atoms.